The van der Waals surface area contributed by atoms with Gasteiger partial charge < -0.3 is 20.5 Å². The number of aliphatic carboxylic acids is 1. The highest BCUT2D eigenvalue weighted by molar-refractivity contribution is 7.88. The number of sulfonamides is 1. The van der Waals surface area contributed by atoms with Crippen molar-refractivity contribution >= 4 is 27.7 Å². The molecule has 0 aromatic carbocycles. The van der Waals surface area contributed by atoms with E-state index in [0.717, 1.165) is 62.8 Å². The molecule has 0 bridgehead atoms. The number of aryl methyl sites for hydroxylation is 2. The zero-order valence-corrected chi connectivity index (χ0v) is 21.8. The number of nitrogens with zero attached hydrogens (tertiary/aromatic N) is 2. The number of rotatable bonds is 11. The fourth-order valence-corrected chi connectivity index (χ4v) is 6.18. The molecule has 1 saturated heterocycles. The topological polar surface area (TPSA) is 138 Å². The van der Waals surface area contributed by atoms with E-state index in [1.165, 1.54) is 9.87 Å². The Morgan fingerprint density at radius 1 is 1.31 bits per heavy atom. The summed E-state index contributed by atoms with van der Waals surface area (Å²) < 4.78 is 30.7. The zero-order valence-electron chi connectivity index (χ0n) is 20.9. The number of carbonyl (C=O) groups is 2. The predicted molar refractivity (Wildman–Crippen MR) is 135 cm³/mol. The second kappa shape index (κ2) is 11.9. The fraction of sp³-hybridized carbons (Fsp3) is 0.720. The molecule has 1 aromatic rings. The third-order valence-electron chi connectivity index (χ3n) is 7.55. The number of carboxylic acid groups (broad SMARTS) is 1. The minimum atomic E-state index is -3.38. The van der Waals surface area contributed by atoms with E-state index in [0.29, 0.717) is 25.3 Å². The Hall–Kier alpha value is -2.24. The summed E-state index contributed by atoms with van der Waals surface area (Å²) in [7, 11) is -3.38. The van der Waals surface area contributed by atoms with E-state index in [2.05, 4.69) is 22.8 Å². The Morgan fingerprint density at radius 3 is 2.86 bits per heavy atom. The van der Waals surface area contributed by atoms with Gasteiger partial charge in [0.2, 0.25) is 15.9 Å². The van der Waals surface area contributed by atoms with Crippen LogP contribution in [-0.2, 0) is 37.2 Å². The Morgan fingerprint density at radius 2 is 2.11 bits per heavy atom. The van der Waals surface area contributed by atoms with Gasteiger partial charge in [0.1, 0.15) is 11.9 Å². The first kappa shape index (κ1) is 26.8. The van der Waals surface area contributed by atoms with E-state index in [-0.39, 0.29) is 25.7 Å². The van der Waals surface area contributed by atoms with E-state index in [9.17, 15) is 23.1 Å². The first-order valence-electron chi connectivity index (χ1n) is 13.0. The number of nitrogens with one attached hydrogen (secondary N) is 2. The third-order valence-corrected chi connectivity index (χ3v) is 8.82. The summed E-state index contributed by atoms with van der Waals surface area (Å²) in [5.74, 6) is -0.444. The largest absolute Gasteiger partial charge is 0.480 e. The third kappa shape index (κ3) is 7.17. The lowest BCUT2D eigenvalue weighted by atomic mass is 9.79. The minimum absolute atomic E-state index is 0.0917. The Labute approximate surface area is 213 Å². The van der Waals surface area contributed by atoms with Crippen LogP contribution in [0.3, 0.4) is 0 Å². The fourth-order valence-electron chi connectivity index (χ4n) is 5.26. The van der Waals surface area contributed by atoms with Gasteiger partial charge in [-0.25, -0.2) is 22.5 Å². The number of hydrogen-bond acceptors (Lipinski definition) is 7. The SMILES string of the molecule is CS(=O)(=O)N1CCCC(C(=O)N[C@@H](CCOC2CC(CCc3ccc4c(n3)NCCC4)C2)C(=O)O)C1. The molecule has 4 rings (SSSR count). The molecule has 2 aliphatic heterocycles. The molecule has 11 heteroatoms. The Kier molecular flexibility index (Phi) is 8.84. The maximum Gasteiger partial charge on any atom is 0.326 e. The molecular weight excluding hydrogens is 484 g/mol. The number of aromatic nitrogens is 1. The van der Waals surface area contributed by atoms with Gasteiger partial charge >= 0.3 is 5.97 Å². The standard InChI is InChI=1S/C25H38N4O6S/c1-36(33,34)29-12-3-5-19(16-29)24(30)28-22(25(31)32)10-13-35-21-14-17(15-21)6-8-20-9-7-18-4-2-11-26-23(18)27-20/h7,9,17,19,21-22H,2-6,8,10-16H2,1H3,(H,26,27)(H,28,30)(H,31,32)/t17?,19?,21?,22-/m0/s1. The van der Waals surface area contributed by atoms with Crippen molar-refractivity contribution < 1.29 is 27.9 Å². The number of piperidine rings is 1. The van der Waals surface area contributed by atoms with Crippen molar-refractivity contribution in [3.63, 3.8) is 0 Å². The lowest BCUT2D eigenvalue weighted by molar-refractivity contribution is -0.143. The van der Waals surface area contributed by atoms with Crippen molar-refractivity contribution in [3.05, 3.63) is 23.4 Å². The second-order valence-corrected chi connectivity index (χ2v) is 12.3. The molecule has 0 radical (unpaired) electrons. The van der Waals surface area contributed by atoms with Crippen LogP contribution < -0.4 is 10.6 Å². The average molecular weight is 523 g/mol. The molecule has 1 saturated carbocycles. The van der Waals surface area contributed by atoms with Crippen LogP contribution in [-0.4, -0.2) is 79.3 Å². The van der Waals surface area contributed by atoms with Crippen LogP contribution >= 0.6 is 0 Å². The maximum absolute atomic E-state index is 12.6. The predicted octanol–water partition coefficient (Wildman–Crippen LogP) is 1.80. The molecule has 3 heterocycles. The normalized spacial score (nSPS) is 25.2. The van der Waals surface area contributed by atoms with E-state index in [4.69, 9.17) is 9.72 Å². The summed E-state index contributed by atoms with van der Waals surface area (Å²) in [5, 5.41) is 15.5. The van der Waals surface area contributed by atoms with Crippen LogP contribution in [0.2, 0.25) is 0 Å². The van der Waals surface area contributed by atoms with Gasteiger partial charge in [0.25, 0.3) is 0 Å². The Balaban J connectivity index is 1.14. The van der Waals surface area contributed by atoms with Gasteiger partial charge in [-0.2, -0.15) is 0 Å². The number of pyridine rings is 1. The highest BCUT2D eigenvalue weighted by atomic mass is 32.2. The van der Waals surface area contributed by atoms with Crippen molar-refractivity contribution in [2.24, 2.45) is 11.8 Å². The summed E-state index contributed by atoms with van der Waals surface area (Å²) in [4.78, 5) is 29.0. The molecule has 2 atom stereocenters. The lowest BCUT2D eigenvalue weighted by Gasteiger charge is -2.35. The summed E-state index contributed by atoms with van der Waals surface area (Å²) in [5.41, 5.74) is 2.41. The van der Waals surface area contributed by atoms with Gasteiger partial charge in [0.05, 0.1) is 18.3 Å². The number of ether oxygens (including phenoxy) is 1. The number of anilines is 1. The summed E-state index contributed by atoms with van der Waals surface area (Å²) in [6, 6.07) is 3.26. The summed E-state index contributed by atoms with van der Waals surface area (Å²) in [6.07, 6.45) is 8.70. The van der Waals surface area contributed by atoms with Gasteiger partial charge in [0, 0.05) is 38.4 Å². The van der Waals surface area contributed by atoms with Crippen molar-refractivity contribution in [2.75, 3.05) is 37.8 Å². The molecule has 1 aromatic heterocycles. The minimum Gasteiger partial charge on any atom is -0.480 e. The number of carboxylic acids is 1. The molecule has 2 fully saturated rings. The van der Waals surface area contributed by atoms with Crippen LogP contribution in [0.1, 0.15) is 56.2 Å². The van der Waals surface area contributed by atoms with Gasteiger partial charge in [0.15, 0.2) is 0 Å². The number of amides is 1. The average Bonchev–Trinajstić information content (AvgIpc) is 2.83. The highest BCUT2D eigenvalue weighted by Gasteiger charge is 2.33. The van der Waals surface area contributed by atoms with Gasteiger partial charge in [-0.1, -0.05) is 6.07 Å². The zero-order chi connectivity index (χ0) is 25.7. The first-order valence-corrected chi connectivity index (χ1v) is 14.9. The number of fused-ring (bicyclic) bond motifs is 1. The smallest absolute Gasteiger partial charge is 0.326 e. The van der Waals surface area contributed by atoms with E-state index < -0.39 is 33.9 Å². The molecule has 3 aliphatic rings. The van der Waals surface area contributed by atoms with Crippen molar-refractivity contribution in [1.29, 1.82) is 0 Å². The van der Waals surface area contributed by atoms with Crippen molar-refractivity contribution in [1.82, 2.24) is 14.6 Å². The molecule has 1 unspecified atom stereocenters. The molecule has 200 valence electrons. The van der Waals surface area contributed by atoms with Crippen molar-refractivity contribution in [3.8, 4) is 0 Å². The molecule has 0 spiro atoms. The summed E-state index contributed by atoms with van der Waals surface area (Å²) in [6.45, 7) is 1.73. The van der Waals surface area contributed by atoms with Crippen LogP contribution in [0.25, 0.3) is 0 Å². The lowest BCUT2D eigenvalue weighted by Crippen LogP contribution is -2.49. The molecule has 3 N–H and O–H groups in total. The molecule has 1 aliphatic carbocycles. The quantitative estimate of drug-likeness (QED) is 0.400. The van der Waals surface area contributed by atoms with Crippen LogP contribution in [0.15, 0.2) is 12.1 Å². The molecule has 10 nitrogen and oxygen atoms in total. The van der Waals surface area contributed by atoms with Crippen LogP contribution in [0, 0.1) is 11.8 Å². The second-order valence-electron chi connectivity index (χ2n) is 10.4. The number of hydrogen-bond donors (Lipinski definition) is 3. The van der Waals surface area contributed by atoms with Gasteiger partial charge in [-0.15, -0.1) is 0 Å². The van der Waals surface area contributed by atoms with Gasteiger partial charge in [-0.05, 0) is 68.9 Å². The van der Waals surface area contributed by atoms with Crippen LogP contribution in [0.4, 0.5) is 5.82 Å². The first-order chi connectivity index (χ1) is 17.2. The summed E-state index contributed by atoms with van der Waals surface area (Å²) >= 11 is 0. The molecule has 1 amide bonds. The molecule has 36 heavy (non-hydrogen) atoms. The monoisotopic (exact) mass is 522 g/mol. The van der Waals surface area contributed by atoms with E-state index in [1.54, 1.807) is 0 Å². The maximum atomic E-state index is 12.6. The van der Waals surface area contributed by atoms with E-state index >= 15 is 0 Å². The van der Waals surface area contributed by atoms with E-state index in [1.807, 2.05) is 0 Å². The van der Waals surface area contributed by atoms with Gasteiger partial charge in [-0.3, -0.25) is 4.79 Å². The molecular formula is C25H38N4O6S. The van der Waals surface area contributed by atoms with Crippen molar-refractivity contribution in [2.45, 2.75) is 69.9 Å². The Bertz CT molecular complexity index is 1040. The highest BCUT2D eigenvalue weighted by Crippen LogP contribution is 2.34. The van der Waals surface area contributed by atoms with Crippen LogP contribution in [0.5, 0.6) is 0 Å². The number of carbonyl (C=O) groups excluding carboxylic acids is 1.